The van der Waals surface area contributed by atoms with Gasteiger partial charge >= 0.3 is 0 Å². The quantitative estimate of drug-likeness (QED) is 0.648. The first-order valence-corrected chi connectivity index (χ1v) is 7.36. The smallest absolute Gasteiger partial charge is 0.242 e. The number of halogens is 1. The van der Waals surface area contributed by atoms with Crippen LogP contribution in [0.3, 0.4) is 0 Å². The van der Waals surface area contributed by atoms with Gasteiger partial charge in [-0.3, -0.25) is 0 Å². The number of rotatable bonds is 6. The van der Waals surface area contributed by atoms with Crippen LogP contribution in [0.1, 0.15) is 0 Å². The number of aliphatic hydroxyl groups is 1. The van der Waals surface area contributed by atoms with Gasteiger partial charge in [0, 0.05) is 18.1 Å². The highest BCUT2D eigenvalue weighted by Crippen LogP contribution is 2.22. The van der Waals surface area contributed by atoms with Gasteiger partial charge in [-0.2, -0.15) is 0 Å². The number of sulfonamides is 1. The molecule has 0 aliphatic rings. The number of nitrogen functional groups attached to an aromatic ring is 1. The van der Waals surface area contributed by atoms with Gasteiger partial charge in [-0.1, -0.05) is 15.9 Å². The Balaban J connectivity index is 2.83. The number of nitrogens with one attached hydrogen (secondary N) is 1. The van der Waals surface area contributed by atoms with Gasteiger partial charge in [0.15, 0.2) is 0 Å². The fourth-order valence-electron chi connectivity index (χ4n) is 1.28. The molecule has 4 N–H and O–H groups in total. The zero-order valence-corrected chi connectivity index (χ0v) is 12.2. The lowest BCUT2D eigenvalue weighted by Crippen LogP contribution is -2.34. The van der Waals surface area contributed by atoms with Gasteiger partial charge in [-0.25, -0.2) is 13.1 Å². The van der Waals surface area contributed by atoms with E-state index in [2.05, 4.69) is 20.7 Å². The molecular formula is C10H15BrN2O4S. The second kappa shape index (κ2) is 6.48. The fourth-order valence-corrected chi connectivity index (χ4v) is 3.02. The monoisotopic (exact) mass is 338 g/mol. The van der Waals surface area contributed by atoms with Crippen LogP contribution in [0.2, 0.25) is 0 Å². The Bertz CT molecular complexity index is 507. The molecule has 1 unspecified atom stereocenters. The molecular weight excluding hydrogens is 324 g/mol. The van der Waals surface area contributed by atoms with Gasteiger partial charge in [0.25, 0.3) is 0 Å². The van der Waals surface area contributed by atoms with E-state index >= 15 is 0 Å². The Kier molecular flexibility index (Phi) is 5.54. The second-order valence-electron chi connectivity index (χ2n) is 3.64. The van der Waals surface area contributed by atoms with E-state index in [1.807, 2.05) is 0 Å². The molecule has 0 radical (unpaired) electrons. The molecule has 0 spiro atoms. The molecule has 1 aromatic rings. The Labute approximate surface area is 114 Å². The van der Waals surface area contributed by atoms with Crippen molar-refractivity contribution in [3.8, 4) is 0 Å². The van der Waals surface area contributed by atoms with Crippen molar-refractivity contribution in [3.63, 3.8) is 0 Å². The molecule has 0 fully saturated rings. The van der Waals surface area contributed by atoms with Gasteiger partial charge in [0.2, 0.25) is 10.0 Å². The van der Waals surface area contributed by atoms with Crippen LogP contribution in [0.4, 0.5) is 5.69 Å². The van der Waals surface area contributed by atoms with Gasteiger partial charge < -0.3 is 15.6 Å². The van der Waals surface area contributed by atoms with Crippen molar-refractivity contribution in [3.05, 3.63) is 22.7 Å². The van der Waals surface area contributed by atoms with Crippen molar-refractivity contribution in [2.75, 3.05) is 26.0 Å². The maximum Gasteiger partial charge on any atom is 0.242 e. The first-order valence-electron chi connectivity index (χ1n) is 5.08. The minimum atomic E-state index is -3.75. The van der Waals surface area contributed by atoms with E-state index in [0.29, 0.717) is 4.47 Å². The highest BCUT2D eigenvalue weighted by atomic mass is 79.9. The Morgan fingerprint density at radius 3 is 2.83 bits per heavy atom. The third kappa shape index (κ3) is 4.21. The van der Waals surface area contributed by atoms with Crippen LogP contribution >= 0.6 is 15.9 Å². The lowest BCUT2D eigenvalue weighted by atomic mass is 10.3. The summed E-state index contributed by atoms with van der Waals surface area (Å²) >= 11 is 3.18. The highest BCUT2D eigenvalue weighted by Gasteiger charge is 2.18. The van der Waals surface area contributed by atoms with Crippen molar-refractivity contribution in [2.24, 2.45) is 0 Å². The zero-order valence-electron chi connectivity index (χ0n) is 9.76. The number of aliphatic hydroxyl groups excluding tert-OH is 1. The molecule has 8 heteroatoms. The summed E-state index contributed by atoms with van der Waals surface area (Å²) in [6, 6.07) is 4.54. The molecule has 0 bridgehead atoms. The Morgan fingerprint density at radius 2 is 2.22 bits per heavy atom. The van der Waals surface area contributed by atoms with Crippen LogP contribution < -0.4 is 10.5 Å². The molecule has 0 saturated heterocycles. The molecule has 0 aromatic heterocycles. The number of anilines is 1. The molecule has 0 heterocycles. The van der Waals surface area contributed by atoms with E-state index in [1.165, 1.54) is 19.2 Å². The number of methoxy groups -OCH3 is 1. The maximum atomic E-state index is 12.0. The zero-order chi connectivity index (χ0) is 13.8. The van der Waals surface area contributed by atoms with Crippen LogP contribution in [0.5, 0.6) is 0 Å². The predicted molar refractivity (Wildman–Crippen MR) is 71.6 cm³/mol. The van der Waals surface area contributed by atoms with Gasteiger partial charge in [0.05, 0.1) is 18.4 Å². The molecule has 18 heavy (non-hydrogen) atoms. The number of benzene rings is 1. The SMILES string of the molecule is COCC(O)CNS(=O)(=O)c1cc(Br)ccc1N. The van der Waals surface area contributed by atoms with E-state index in [9.17, 15) is 13.5 Å². The number of hydrogen-bond acceptors (Lipinski definition) is 5. The van der Waals surface area contributed by atoms with E-state index < -0.39 is 16.1 Å². The molecule has 1 rings (SSSR count). The van der Waals surface area contributed by atoms with Crippen LogP contribution in [-0.2, 0) is 14.8 Å². The Hall–Kier alpha value is -0.670. The third-order valence-corrected chi connectivity index (χ3v) is 4.11. The van der Waals surface area contributed by atoms with E-state index in [1.54, 1.807) is 6.07 Å². The lowest BCUT2D eigenvalue weighted by Gasteiger charge is -2.12. The van der Waals surface area contributed by atoms with Gasteiger partial charge in [-0.15, -0.1) is 0 Å². The van der Waals surface area contributed by atoms with Crippen LogP contribution in [0, 0.1) is 0 Å². The first kappa shape index (κ1) is 15.4. The van der Waals surface area contributed by atoms with Crippen LogP contribution in [0.25, 0.3) is 0 Å². The molecule has 0 saturated carbocycles. The molecule has 102 valence electrons. The molecule has 0 amide bonds. The third-order valence-electron chi connectivity index (χ3n) is 2.13. The summed E-state index contributed by atoms with van der Waals surface area (Å²) in [6.45, 7) is -0.0847. The van der Waals surface area contributed by atoms with Crippen LogP contribution in [-0.4, -0.2) is 39.9 Å². The van der Waals surface area contributed by atoms with Crippen LogP contribution in [0.15, 0.2) is 27.6 Å². The summed E-state index contributed by atoms with van der Waals surface area (Å²) in [6.07, 6.45) is -0.904. The van der Waals surface area contributed by atoms with E-state index in [4.69, 9.17) is 10.5 Å². The van der Waals surface area contributed by atoms with Crippen molar-refractivity contribution < 1.29 is 18.3 Å². The second-order valence-corrected chi connectivity index (χ2v) is 6.29. The average Bonchev–Trinajstić information content (AvgIpc) is 2.30. The normalized spacial score (nSPS) is 13.5. The summed E-state index contributed by atoms with van der Waals surface area (Å²) in [5.74, 6) is 0. The standard InChI is InChI=1S/C10H15BrN2O4S/c1-17-6-8(14)5-13-18(15,16)10-4-7(11)2-3-9(10)12/h2-4,8,13-14H,5-6,12H2,1H3. The Morgan fingerprint density at radius 1 is 1.56 bits per heavy atom. The molecule has 0 aliphatic heterocycles. The van der Waals surface area contributed by atoms with Gasteiger partial charge in [0.1, 0.15) is 4.90 Å². The van der Waals surface area contributed by atoms with Gasteiger partial charge in [-0.05, 0) is 18.2 Å². The fraction of sp³-hybridized carbons (Fsp3) is 0.400. The number of hydrogen-bond donors (Lipinski definition) is 3. The van der Waals surface area contributed by atoms with E-state index in [0.717, 1.165) is 0 Å². The summed E-state index contributed by atoms with van der Waals surface area (Å²) < 4.78 is 31.5. The topological polar surface area (TPSA) is 102 Å². The lowest BCUT2D eigenvalue weighted by molar-refractivity contribution is 0.0679. The summed E-state index contributed by atoms with van der Waals surface area (Å²) in [7, 11) is -2.33. The maximum absolute atomic E-state index is 12.0. The average molecular weight is 339 g/mol. The summed E-state index contributed by atoms with van der Waals surface area (Å²) in [4.78, 5) is -0.0264. The minimum Gasteiger partial charge on any atom is -0.398 e. The minimum absolute atomic E-state index is 0.0264. The van der Waals surface area contributed by atoms with Crippen molar-refractivity contribution in [2.45, 2.75) is 11.0 Å². The summed E-state index contributed by atoms with van der Waals surface area (Å²) in [5, 5.41) is 9.39. The van der Waals surface area contributed by atoms with Crippen molar-refractivity contribution in [1.29, 1.82) is 0 Å². The number of ether oxygens (including phenoxy) is 1. The molecule has 0 aliphatic carbocycles. The van der Waals surface area contributed by atoms with E-state index in [-0.39, 0.29) is 23.7 Å². The summed E-state index contributed by atoms with van der Waals surface area (Å²) in [5.41, 5.74) is 5.76. The molecule has 1 aromatic carbocycles. The predicted octanol–water partition coefficient (Wildman–Crippen LogP) is 0.317. The first-order chi connectivity index (χ1) is 8.36. The van der Waals surface area contributed by atoms with Crippen molar-refractivity contribution in [1.82, 2.24) is 4.72 Å². The molecule has 6 nitrogen and oxygen atoms in total. The van der Waals surface area contributed by atoms with Crippen molar-refractivity contribution >= 4 is 31.6 Å². The highest BCUT2D eigenvalue weighted by molar-refractivity contribution is 9.10. The number of nitrogens with two attached hydrogens (primary N) is 1. The molecule has 1 atom stereocenters. The largest absolute Gasteiger partial charge is 0.398 e.